The van der Waals surface area contributed by atoms with E-state index in [0.717, 1.165) is 23.6 Å². The zero-order chi connectivity index (χ0) is 15.6. The topological polar surface area (TPSA) is 42.7 Å². The number of nitrogens with one attached hydrogen (secondary N) is 1. The maximum absolute atomic E-state index is 6.36. The number of halogens is 3. The van der Waals surface area contributed by atoms with Crippen LogP contribution in [0.5, 0.6) is 0 Å². The molecule has 2 aromatic heterocycles. The molecule has 0 aliphatic rings. The summed E-state index contributed by atoms with van der Waals surface area (Å²) in [6.45, 7) is 4.70. The number of hydrogen-bond acceptors (Lipinski definition) is 3. The van der Waals surface area contributed by atoms with E-state index in [2.05, 4.69) is 15.4 Å². The van der Waals surface area contributed by atoms with Crippen LogP contribution in [0.4, 0.5) is 0 Å². The fraction of sp³-hybridized carbons (Fsp3) is 0.429. The van der Waals surface area contributed by atoms with Crippen molar-refractivity contribution >= 4 is 34.8 Å². The minimum absolute atomic E-state index is 0.0614. The summed E-state index contributed by atoms with van der Waals surface area (Å²) in [5.74, 6) is 0. The Morgan fingerprint density at radius 3 is 2.62 bits per heavy atom. The molecule has 0 saturated carbocycles. The number of hydrogen-bond donors (Lipinski definition) is 1. The minimum Gasteiger partial charge on any atom is -0.311 e. The first-order valence-electron chi connectivity index (χ1n) is 6.67. The van der Waals surface area contributed by atoms with Crippen LogP contribution < -0.4 is 5.32 Å². The number of likely N-dealkylation sites (N-methyl/N-ethyl adjacent to an activating group) is 1. The van der Waals surface area contributed by atoms with Gasteiger partial charge in [0.05, 0.1) is 38.2 Å². The van der Waals surface area contributed by atoms with E-state index in [1.807, 2.05) is 25.6 Å². The Morgan fingerprint density at radius 1 is 1.33 bits per heavy atom. The molecule has 2 rings (SSSR count). The number of nitrogens with zero attached hydrogens (tertiary/aromatic N) is 3. The molecule has 4 nitrogen and oxygen atoms in total. The second-order valence-electron chi connectivity index (χ2n) is 4.73. The zero-order valence-corrected chi connectivity index (χ0v) is 14.4. The van der Waals surface area contributed by atoms with E-state index in [4.69, 9.17) is 34.8 Å². The lowest BCUT2D eigenvalue weighted by Gasteiger charge is -2.18. The van der Waals surface area contributed by atoms with Gasteiger partial charge in [-0.15, -0.1) is 0 Å². The fourth-order valence-corrected chi connectivity index (χ4v) is 3.00. The molecule has 7 heteroatoms. The number of rotatable bonds is 5. The fourth-order valence-electron chi connectivity index (χ4n) is 2.27. The summed E-state index contributed by atoms with van der Waals surface area (Å²) in [6, 6.07) is 1.63. The van der Waals surface area contributed by atoms with Crippen molar-refractivity contribution < 1.29 is 0 Å². The van der Waals surface area contributed by atoms with Crippen LogP contribution >= 0.6 is 34.8 Å². The molecule has 0 aromatic carbocycles. The van der Waals surface area contributed by atoms with Crippen LogP contribution in [0.3, 0.4) is 0 Å². The van der Waals surface area contributed by atoms with Crippen LogP contribution in [0.1, 0.15) is 30.0 Å². The van der Waals surface area contributed by atoms with Gasteiger partial charge in [-0.2, -0.15) is 5.10 Å². The summed E-state index contributed by atoms with van der Waals surface area (Å²) in [4.78, 5) is 4.34. The van der Waals surface area contributed by atoms with Gasteiger partial charge in [-0.3, -0.25) is 9.67 Å². The molecule has 114 valence electrons. The molecule has 1 unspecified atom stereocenters. The van der Waals surface area contributed by atoms with Crippen LogP contribution in [-0.4, -0.2) is 21.8 Å². The Balaban J connectivity index is 2.35. The molecule has 0 spiro atoms. The summed E-state index contributed by atoms with van der Waals surface area (Å²) in [6.07, 6.45) is 2.25. The molecule has 2 heterocycles. The van der Waals surface area contributed by atoms with E-state index in [1.54, 1.807) is 12.3 Å². The standard InChI is InChI=1S/C14H17Cl3N4/c1-4-21-12(13(17)8(2)20-21)6-11(18-3)14-10(16)5-9(15)7-19-14/h5,7,11,18H,4,6H2,1-3H3. The van der Waals surface area contributed by atoms with Gasteiger partial charge < -0.3 is 5.32 Å². The van der Waals surface area contributed by atoms with Gasteiger partial charge in [0.25, 0.3) is 0 Å². The zero-order valence-electron chi connectivity index (χ0n) is 12.1. The molecule has 0 bridgehead atoms. The van der Waals surface area contributed by atoms with E-state index in [1.165, 1.54) is 0 Å². The third-order valence-electron chi connectivity index (χ3n) is 3.37. The van der Waals surface area contributed by atoms with Crippen LogP contribution in [0.15, 0.2) is 12.3 Å². The molecule has 0 aliphatic heterocycles. The van der Waals surface area contributed by atoms with Crippen LogP contribution in [-0.2, 0) is 13.0 Å². The molecule has 0 amide bonds. The Labute approximate surface area is 139 Å². The Kier molecular flexibility index (Phi) is 5.49. The first kappa shape index (κ1) is 16.6. The normalized spacial score (nSPS) is 12.7. The summed E-state index contributed by atoms with van der Waals surface area (Å²) in [7, 11) is 1.87. The van der Waals surface area contributed by atoms with Gasteiger partial charge >= 0.3 is 0 Å². The average Bonchev–Trinajstić information content (AvgIpc) is 2.72. The predicted molar refractivity (Wildman–Crippen MR) is 87.4 cm³/mol. The van der Waals surface area contributed by atoms with Crippen LogP contribution in [0, 0.1) is 6.92 Å². The van der Waals surface area contributed by atoms with Crippen LogP contribution in [0.2, 0.25) is 15.1 Å². The largest absolute Gasteiger partial charge is 0.311 e. The van der Waals surface area contributed by atoms with Crippen molar-refractivity contribution in [3.63, 3.8) is 0 Å². The van der Waals surface area contributed by atoms with Gasteiger partial charge in [0, 0.05) is 19.2 Å². The molecule has 0 aliphatic carbocycles. The van der Waals surface area contributed by atoms with Gasteiger partial charge in [-0.05, 0) is 27.0 Å². The molecular formula is C14H17Cl3N4. The molecule has 0 radical (unpaired) electrons. The highest BCUT2D eigenvalue weighted by molar-refractivity contribution is 6.34. The van der Waals surface area contributed by atoms with E-state index in [-0.39, 0.29) is 6.04 Å². The van der Waals surface area contributed by atoms with E-state index >= 15 is 0 Å². The lowest BCUT2D eigenvalue weighted by Crippen LogP contribution is -2.22. The van der Waals surface area contributed by atoms with Crippen molar-refractivity contribution in [2.75, 3.05) is 7.05 Å². The summed E-state index contributed by atoms with van der Waals surface area (Å²) in [5, 5.41) is 9.41. The van der Waals surface area contributed by atoms with Crippen molar-refractivity contribution in [1.82, 2.24) is 20.1 Å². The van der Waals surface area contributed by atoms with Gasteiger partial charge in [-0.25, -0.2) is 0 Å². The third kappa shape index (κ3) is 3.51. The van der Waals surface area contributed by atoms with Gasteiger partial charge in [-0.1, -0.05) is 34.8 Å². The summed E-state index contributed by atoms with van der Waals surface area (Å²) >= 11 is 18.5. The van der Waals surface area contributed by atoms with E-state index in [9.17, 15) is 0 Å². The van der Waals surface area contributed by atoms with E-state index < -0.39 is 0 Å². The highest BCUT2D eigenvalue weighted by Crippen LogP contribution is 2.29. The second-order valence-corrected chi connectivity index (χ2v) is 5.95. The molecule has 0 fully saturated rings. The molecule has 21 heavy (non-hydrogen) atoms. The summed E-state index contributed by atoms with van der Waals surface area (Å²) < 4.78 is 1.91. The van der Waals surface area contributed by atoms with E-state index in [0.29, 0.717) is 21.5 Å². The third-order valence-corrected chi connectivity index (χ3v) is 4.37. The van der Waals surface area contributed by atoms with Crippen LogP contribution in [0.25, 0.3) is 0 Å². The molecule has 1 atom stereocenters. The highest BCUT2D eigenvalue weighted by atomic mass is 35.5. The SMILES string of the molecule is CCn1nc(C)c(Cl)c1CC(NC)c1ncc(Cl)cc1Cl. The Hall–Kier alpha value is -0.810. The molecule has 0 saturated heterocycles. The minimum atomic E-state index is -0.0614. The quantitative estimate of drug-likeness (QED) is 0.886. The maximum Gasteiger partial charge on any atom is 0.0847 e. The molecule has 1 N–H and O–H groups in total. The Bertz CT molecular complexity index is 639. The van der Waals surface area contributed by atoms with Gasteiger partial charge in [0.2, 0.25) is 0 Å². The van der Waals surface area contributed by atoms with Crippen molar-refractivity contribution in [3.05, 3.63) is 44.4 Å². The predicted octanol–water partition coefficient (Wildman–Crippen LogP) is 4.07. The van der Waals surface area contributed by atoms with Gasteiger partial charge in [0.1, 0.15) is 0 Å². The van der Waals surface area contributed by atoms with Gasteiger partial charge in [0.15, 0.2) is 0 Å². The number of aromatic nitrogens is 3. The average molecular weight is 348 g/mol. The second kappa shape index (κ2) is 6.97. The highest BCUT2D eigenvalue weighted by Gasteiger charge is 2.21. The lowest BCUT2D eigenvalue weighted by molar-refractivity contribution is 0.532. The summed E-state index contributed by atoms with van der Waals surface area (Å²) in [5.41, 5.74) is 2.56. The molecular weight excluding hydrogens is 331 g/mol. The van der Waals surface area contributed by atoms with Crippen molar-refractivity contribution in [2.24, 2.45) is 0 Å². The number of aryl methyl sites for hydroxylation is 2. The van der Waals surface area contributed by atoms with Crippen molar-refractivity contribution in [2.45, 2.75) is 32.9 Å². The van der Waals surface area contributed by atoms with Crippen molar-refractivity contribution in [1.29, 1.82) is 0 Å². The molecule has 2 aromatic rings. The van der Waals surface area contributed by atoms with Crippen molar-refractivity contribution in [3.8, 4) is 0 Å². The first-order valence-corrected chi connectivity index (χ1v) is 7.81. The number of pyridine rings is 1. The maximum atomic E-state index is 6.36. The Morgan fingerprint density at radius 2 is 2.05 bits per heavy atom. The lowest BCUT2D eigenvalue weighted by atomic mass is 10.1. The first-order chi connectivity index (χ1) is 9.97. The monoisotopic (exact) mass is 346 g/mol. The smallest absolute Gasteiger partial charge is 0.0847 e.